The highest BCUT2D eigenvalue weighted by atomic mass is 28.3. The molecule has 0 aromatic carbocycles. The fraction of sp³-hybridized carbons (Fsp3) is 0.800. The number of oxime groups is 1. The molecule has 3 heteroatoms. The molecule has 18 heavy (non-hydrogen) atoms. The minimum absolute atomic E-state index is 0.363. The Morgan fingerprint density at radius 3 is 2.00 bits per heavy atom. The van der Waals surface area contributed by atoms with Crippen LogP contribution in [0.3, 0.4) is 0 Å². The molecule has 0 aromatic heterocycles. The third-order valence-electron chi connectivity index (χ3n) is 4.64. The second-order valence-electron chi connectivity index (χ2n) is 6.61. The van der Waals surface area contributed by atoms with Crippen LogP contribution in [0, 0.1) is 17.4 Å². The molecule has 0 unspecified atom stereocenters. The van der Waals surface area contributed by atoms with Gasteiger partial charge in [0, 0.05) is 6.42 Å². The van der Waals surface area contributed by atoms with E-state index in [-0.39, 0.29) is 0 Å². The highest BCUT2D eigenvalue weighted by molar-refractivity contribution is 6.90. The molecule has 0 aromatic rings. The van der Waals surface area contributed by atoms with Crippen molar-refractivity contribution in [3.05, 3.63) is 0 Å². The van der Waals surface area contributed by atoms with Crippen molar-refractivity contribution in [1.29, 1.82) is 0 Å². The second kappa shape index (κ2) is 4.73. The quantitative estimate of drug-likeness (QED) is 0.557. The van der Waals surface area contributed by atoms with E-state index >= 15 is 0 Å². The van der Waals surface area contributed by atoms with Crippen molar-refractivity contribution in [2.45, 2.75) is 70.7 Å². The lowest BCUT2D eigenvalue weighted by Gasteiger charge is -2.38. The van der Waals surface area contributed by atoms with E-state index in [1.807, 2.05) is 0 Å². The standard InChI is InChI=1S/C15H25NOSi/c1-10(2)18(11(3)4,12(5)6)8-7-14-13-9-15(13)17-16-14/h10-13,15H,9H2,1-6H3/t13-,15-/m1/s1. The Kier molecular flexibility index (Phi) is 3.60. The SMILES string of the molecule is CC(C)[Si](C#CC1=NO[C@@H]2C[C@H]12)(C(C)C)C(C)C. The van der Waals surface area contributed by atoms with Gasteiger partial charge in [0.05, 0.1) is 5.92 Å². The summed E-state index contributed by atoms with van der Waals surface area (Å²) in [5.74, 6) is 3.92. The minimum atomic E-state index is -1.60. The summed E-state index contributed by atoms with van der Waals surface area (Å²) in [6.45, 7) is 14.0. The Bertz CT molecular complexity index is 392. The maximum Gasteiger partial charge on any atom is 0.146 e. The Labute approximate surface area is 112 Å². The Morgan fingerprint density at radius 1 is 1.11 bits per heavy atom. The predicted molar refractivity (Wildman–Crippen MR) is 79.2 cm³/mol. The molecular weight excluding hydrogens is 238 g/mol. The first-order valence-electron chi connectivity index (χ1n) is 7.16. The van der Waals surface area contributed by atoms with Crippen LogP contribution in [0.2, 0.25) is 16.6 Å². The summed E-state index contributed by atoms with van der Waals surface area (Å²) in [6, 6.07) is 0. The van der Waals surface area contributed by atoms with Crippen LogP contribution in [-0.4, -0.2) is 19.9 Å². The van der Waals surface area contributed by atoms with E-state index in [4.69, 9.17) is 4.84 Å². The van der Waals surface area contributed by atoms with Crippen molar-refractivity contribution in [3.63, 3.8) is 0 Å². The molecule has 1 aliphatic heterocycles. The molecule has 100 valence electrons. The van der Waals surface area contributed by atoms with Crippen LogP contribution in [0.4, 0.5) is 0 Å². The molecule has 2 rings (SSSR count). The number of rotatable bonds is 3. The van der Waals surface area contributed by atoms with Gasteiger partial charge in [-0.2, -0.15) is 0 Å². The summed E-state index contributed by atoms with van der Waals surface area (Å²) < 4.78 is 0. The van der Waals surface area contributed by atoms with Gasteiger partial charge in [0.2, 0.25) is 0 Å². The van der Waals surface area contributed by atoms with Gasteiger partial charge in [-0.1, -0.05) is 52.6 Å². The number of nitrogens with zero attached hydrogens (tertiary/aromatic N) is 1. The van der Waals surface area contributed by atoms with Crippen LogP contribution in [0.25, 0.3) is 0 Å². The molecule has 0 N–H and O–H groups in total. The van der Waals surface area contributed by atoms with Gasteiger partial charge in [0.15, 0.2) is 0 Å². The van der Waals surface area contributed by atoms with E-state index in [2.05, 4.69) is 58.2 Å². The van der Waals surface area contributed by atoms with Crippen molar-refractivity contribution < 1.29 is 4.84 Å². The van der Waals surface area contributed by atoms with E-state index in [9.17, 15) is 0 Å². The lowest BCUT2D eigenvalue weighted by atomic mass is 10.3. The Morgan fingerprint density at radius 2 is 1.67 bits per heavy atom. The average molecular weight is 263 g/mol. The number of hydrogen-bond acceptors (Lipinski definition) is 2. The van der Waals surface area contributed by atoms with Gasteiger partial charge >= 0.3 is 0 Å². The number of fused-ring (bicyclic) bond motifs is 1. The van der Waals surface area contributed by atoms with Crippen LogP contribution < -0.4 is 0 Å². The van der Waals surface area contributed by atoms with E-state index < -0.39 is 8.07 Å². The molecule has 1 saturated carbocycles. The molecule has 2 nitrogen and oxygen atoms in total. The molecule has 2 aliphatic rings. The molecule has 1 heterocycles. The van der Waals surface area contributed by atoms with E-state index in [0.717, 1.165) is 12.1 Å². The zero-order chi connectivity index (χ0) is 13.5. The van der Waals surface area contributed by atoms with Crippen LogP contribution in [0.5, 0.6) is 0 Å². The topological polar surface area (TPSA) is 21.6 Å². The largest absolute Gasteiger partial charge is 0.391 e. The lowest BCUT2D eigenvalue weighted by molar-refractivity contribution is 0.140. The van der Waals surface area contributed by atoms with Gasteiger partial charge in [-0.3, -0.25) is 0 Å². The van der Waals surface area contributed by atoms with Crippen molar-refractivity contribution in [3.8, 4) is 11.5 Å². The summed E-state index contributed by atoms with van der Waals surface area (Å²) in [5.41, 5.74) is 6.77. The third-order valence-corrected chi connectivity index (χ3v) is 10.9. The van der Waals surface area contributed by atoms with Gasteiger partial charge in [-0.25, -0.2) is 0 Å². The van der Waals surface area contributed by atoms with Gasteiger partial charge in [-0.15, -0.1) is 5.54 Å². The first kappa shape index (κ1) is 13.7. The normalized spacial score (nSPS) is 25.7. The highest BCUT2D eigenvalue weighted by Gasteiger charge is 2.49. The third kappa shape index (κ3) is 2.12. The zero-order valence-corrected chi connectivity index (χ0v) is 13.4. The fourth-order valence-corrected chi connectivity index (χ4v) is 8.70. The van der Waals surface area contributed by atoms with Crippen LogP contribution >= 0.6 is 0 Å². The molecule has 1 fully saturated rings. The molecule has 0 bridgehead atoms. The summed E-state index contributed by atoms with van der Waals surface area (Å²) in [7, 11) is -1.60. The highest BCUT2D eigenvalue weighted by Crippen LogP contribution is 2.42. The Hall–Kier alpha value is -0.753. The molecule has 0 spiro atoms. The van der Waals surface area contributed by atoms with Crippen molar-refractivity contribution in [2.75, 3.05) is 0 Å². The van der Waals surface area contributed by atoms with Crippen LogP contribution in [0.1, 0.15) is 48.0 Å². The first-order valence-corrected chi connectivity index (χ1v) is 9.39. The molecular formula is C15H25NOSi. The van der Waals surface area contributed by atoms with Gasteiger partial charge in [0.1, 0.15) is 19.9 Å². The van der Waals surface area contributed by atoms with Crippen molar-refractivity contribution in [1.82, 2.24) is 0 Å². The fourth-order valence-electron chi connectivity index (χ4n) is 3.49. The molecule has 0 amide bonds. The smallest absolute Gasteiger partial charge is 0.146 e. The average Bonchev–Trinajstić information content (AvgIpc) is 2.93. The summed E-state index contributed by atoms with van der Waals surface area (Å²) in [6.07, 6.45) is 1.50. The maximum atomic E-state index is 5.29. The van der Waals surface area contributed by atoms with Crippen molar-refractivity contribution >= 4 is 13.8 Å². The zero-order valence-electron chi connectivity index (χ0n) is 12.4. The predicted octanol–water partition coefficient (Wildman–Crippen LogP) is 3.98. The molecule has 2 atom stereocenters. The van der Waals surface area contributed by atoms with Gasteiger partial charge in [-0.05, 0) is 16.6 Å². The summed E-state index contributed by atoms with van der Waals surface area (Å²) in [4.78, 5) is 5.29. The van der Waals surface area contributed by atoms with Gasteiger partial charge < -0.3 is 4.84 Å². The van der Waals surface area contributed by atoms with Crippen molar-refractivity contribution in [2.24, 2.45) is 11.1 Å². The monoisotopic (exact) mass is 263 g/mol. The summed E-state index contributed by atoms with van der Waals surface area (Å²) >= 11 is 0. The lowest BCUT2D eigenvalue weighted by Crippen LogP contribution is -2.43. The van der Waals surface area contributed by atoms with E-state index in [1.54, 1.807) is 0 Å². The molecule has 1 aliphatic carbocycles. The summed E-state index contributed by atoms with van der Waals surface area (Å²) in [5, 5.41) is 4.11. The maximum absolute atomic E-state index is 5.29. The van der Waals surface area contributed by atoms with Crippen LogP contribution in [-0.2, 0) is 4.84 Å². The van der Waals surface area contributed by atoms with Gasteiger partial charge in [0.25, 0.3) is 0 Å². The van der Waals surface area contributed by atoms with E-state index in [1.165, 1.54) is 0 Å². The van der Waals surface area contributed by atoms with Crippen LogP contribution in [0.15, 0.2) is 5.16 Å². The first-order chi connectivity index (χ1) is 8.39. The molecule has 0 radical (unpaired) electrons. The minimum Gasteiger partial charge on any atom is -0.391 e. The Balaban J connectivity index is 2.27. The second-order valence-corrected chi connectivity index (χ2v) is 12.2. The molecule has 0 saturated heterocycles. The van der Waals surface area contributed by atoms with E-state index in [0.29, 0.717) is 28.6 Å². The number of hydrogen-bond donors (Lipinski definition) is 0.